The fourth-order valence-corrected chi connectivity index (χ4v) is 2.79. The maximum absolute atomic E-state index is 11.3. The van der Waals surface area contributed by atoms with Crippen LogP contribution >= 0.6 is 0 Å². The zero-order valence-corrected chi connectivity index (χ0v) is 16.6. The van der Waals surface area contributed by atoms with Crippen molar-refractivity contribution in [1.29, 1.82) is 5.26 Å². The molecule has 0 atom stereocenters. The van der Waals surface area contributed by atoms with Crippen molar-refractivity contribution in [3.8, 4) is 23.3 Å². The number of nitrogens with one attached hydrogen (secondary N) is 1. The number of rotatable bonds is 10. The number of amides is 1. The summed E-state index contributed by atoms with van der Waals surface area (Å²) >= 11 is 0. The summed E-state index contributed by atoms with van der Waals surface area (Å²) in [6.07, 6.45) is 0.508. The molecular weight excluding hydrogens is 356 g/mol. The summed E-state index contributed by atoms with van der Waals surface area (Å²) in [5.41, 5.74) is 3.19. The predicted molar refractivity (Wildman–Crippen MR) is 107 cm³/mol. The summed E-state index contributed by atoms with van der Waals surface area (Å²) in [7, 11) is 1.59. The van der Waals surface area contributed by atoms with Crippen LogP contribution in [0.1, 0.15) is 23.1 Å². The smallest absolute Gasteiger partial charge is 0.234 e. The molecule has 1 N–H and O–H groups in total. The lowest BCUT2D eigenvalue weighted by atomic mass is 10.1. The average Bonchev–Trinajstić information content (AvgIpc) is 2.67. The maximum atomic E-state index is 11.3. The second kappa shape index (κ2) is 10.8. The van der Waals surface area contributed by atoms with Gasteiger partial charge in [0.05, 0.1) is 13.2 Å². The Labute approximate surface area is 166 Å². The summed E-state index contributed by atoms with van der Waals surface area (Å²) in [6, 6.07) is 13.5. The van der Waals surface area contributed by atoms with Gasteiger partial charge in [0.1, 0.15) is 25.4 Å². The molecule has 0 aromatic heterocycles. The Balaban J connectivity index is 1.89. The van der Waals surface area contributed by atoms with Gasteiger partial charge >= 0.3 is 0 Å². The Kier molecular flexibility index (Phi) is 8.16. The van der Waals surface area contributed by atoms with Crippen LogP contribution in [0.4, 0.5) is 0 Å². The van der Waals surface area contributed by atoms with Gasteiger partial charge < -0.3 is 19.5 Å². The molecule has 2 aromatic carbocycles. The minimum Gasteiger partial charge on any atom is -0.493 e. The van der Waals surface area contributed by atoms with Gasteiger partial charge in [-0.15, -0.1) is 0 Å². The van der Waals surface area contributed by atoms with Crippen LogP contribution in [0.15, 0.2) is 36.4 Å². The standard InChI is InChI=1S/C22H26N2O4/c1-16-5-4-6-17(2)22(16)28-14-13-27-20-15-18(7-8-19(20)26-3)10-12-24-21(25)9-11-23/h4-8,15H,9-10,12-14H2,1-3H3,(H,24,25). The molecule has 0 fully saturated rings. The zero-order chi connectivity index (χ0) is 20.4. The first-order valence-corrected chi connectivity index (χ1v) is 9.17. The number of hydrogen-bond acceptors (Lipinski definition) is 5. The first kappa shape index (κ1) is 21.1. The molecule has 0 aliphatic heterocycles. The number of nitriles is 1. The predicted octanol–water partition coefficient (Wildman–Crippen LogP) is 3.34. The van der Waals surface area contributed by atoms with Crippen LogP contribution in [-0.2, 0) is 11.2 Å². The lowest BCUT2D eigenvalue weighted by Crippen LogP contribution is -2.24. The normalized spacial score (nSPS) is 10.1. The number of carbonyl (C=O) groups excluding carboxylic acids is 1. The van der Waals surface area contributed by atoms with Gasteiger partial charge in [-0.3, -0.25) is 4.79 Å². The molecule has 0 radical (unpaired) electrons. The van der Waals surface area contributed by atoms with Crippen molar-refractivity contribution in [2.45, 2.75) is 26.7 Å². The van der Waals surface area contributed by atoms with Gasteiger partial charge in [-0.1, -0.05) is 24.3 Å². The van der Waals surface area contributed by atoms with Crippen molar-refractivity contribution >= 4 is 5.91 Å². The van der Waals surface area contributed by atoms with Crippen molar-refractivity contribution in [2.24, 2.45) is 0 Å². The molecule has 148 valence electrons. The Bertz CT molecular complexity index is 823. The van der Waals surface area contributed by atoms with E-state index in [4.69, 9.17) is 19.5 Å². The largest absolute Gasteiger partial charge is 0.493 e. The number of benzene rings is 2. The van der Waals surface area contributed by atoms with E-state index < -0.39 is 0 Å². The van der Waals surface area contributed by atoms with Gasteiger partial charge in [0.25, 0.3) is 0 Å². The van der Waals surface area contributed by atoms with Crippen molar-refractivity contribution in [1.82, 2.24) is 5.32 Å². The van der Waals surface area contributed by atoms with Gasteiger partial charge in [-0.25, -0.2) is 0 Å². The second-order valence-corrected chi connectivity index (χ2v) is 6.34. The fourth-order valence-electron chi connectivity index (χ4n) is 2.79. The third-order valence-corrected chi connectivity index (χ3v) is 4.20. The third-order valence-electron chi connectivity index (χ3n) is 4.20. The van der Waals surface area contributed by atoms with E-state index in [1.165, 1.54) is 0 Å². The van der Waals surface area contributed by atoms with E-state index in [0.717, 1.165) is 22.4 Å². The lowest BCUT2D eigenvalue weighted by Gasteiger charge is -2.15. The molecule has 0 bridgehead atoms. The molecule has 0 saturated carbocycles. The molecule has 6 nitrogen and oxygen atoms in total. The molecule has 0 spiro atoms. The van der Waals surface area contributed by atoms with Crippen molar-refractivity contribution in [3.05, 3.63) is 53.1 Å². The summed E-state index contributed by atoms with van der Waals surface area (Å²) in [4.78, 5) is 11.3. The van der Waals surface area contributed by atoms with E-state index in [1.807, 2.05) is 56.3 Å². The Hall–Kier alpha value is -3.20. The van der Waals surface area contributed by atoms with Gasteiger partial charge in [0.2, 0.25) is 5.91 Å². The molecular formula is C22H26N2O4. The van der Waals surface area contributed by atoms with Crippen LogP contribution in [0, 0.1) is 25.2 Å². The lowest BCUT2D eigenvalue weighted by molar-refractivity contribution is -0.120. The van der Waals surface area contributed by atoms with Crippen LogP contribution in [0.25, 0.3) is 0 Å². The summed E-state index contributed by atoms with van der Waals surface area (Å²) < 4.78 is 17.1. The van der Waals surface area contributed by atoms with Crippen LogP contribution in [0.3, 0.4) is 0 Å². The highest BCUT2D eigenvalue weighted by atomic mass is 16.5. The Morgan fingerprint density at radius 1 is 1.07 bits per heavy atom. The molecule has 0 saturated heterocycles. The monoisotopic (exact) mass is 382 g/mol. The Morgan fingerprint density at radius 2 is 1.79 bits per heavy atom. The first-order valence-electron chi connectivity index (χ1n) is 9.17. The number of methoxy groups -OCH3 is 1. The van der Waals surface area contributed by atoms with Crippen LogP contribution in [-0.4, -0.2) is 32.8 Å². The van der Waals surface area contributed by atoms with Crippen LogP contribution in [0.5, 0.6) is 17.2 Å². The third kappa shape index (κ3) is 6.20. The van der Waals surface area contributed by atoms with Crippen molar-refractivity contribution < 1.29 is 19.0 Å². The van der Waals surface area contributed by atoms with Crippen molar-refractivity contribution in [2.75, 3.05) is 26.9 Å². The van der Waals surface area contributed by atoms with E-state index in [2.05, 4.69) is 5.32 Å². The molecule has 0 heterocycles. The molecule has 6 heteroatoms. The number of ether oxygens (including phenoxy) is 3. The molecule has 0 aliphatic carbocycles. The molecule has 0 aliphatic rings. The van der Waals surface area contributed by atoms with Gasteiger partial charge in [-0.2, -0.15) is 5.26 Å². The summed E-state index contributed by atoms with van der Waals surface area (Å²) in [6.45, 7) is 5.30. The molecule has 2 rings (SSSR count). The van der Waals surface area contributed by atoms with Crippen molar-refractivity contribution in [3.63, 3.8) is 0 Å². The molecule has 0 unspecified atom stereocenters. The second-order valence-electron chi connectivity index (χ2n) is 6.34. The minimum atomic E-state index is -0.267. The number of para-hydroxylation sites is 1. The fraction of sp³-hybridized carbons (Fsp3) is 0.364. The highest BCUT2D eigenvalue weighted by molar-refractivity contribution is 5.77. The van der Waals surface area contributed by atoms with Gasteiger partial charge in [0.15, 0.2) is 11.5 Å². The summed E-state index contributed by atoms with van der Waals surface area (Å²) in [5.74, 6) is 1.90. The first-order chi connectivity index (χ1) is 13.5. The Morgan fingerprint density at radius 3 is 2.46 bits per heavy atom. The number of hydrogen-bond donors (Lipinski definition) is 1. The topological polar surface area (TPSA) is 80.6 Å². The van der Waals surface area contributed by atoms with Crippen LogP contribution in [0.2, 0.25) is 0 Å². The zero-order valence-electron chi connectivity index (χ0n) is 16.6. The number of nitrogens with zero attached hydrogens (tertiary/aromatic N) is 1. The molecule has 1 amide bonds. The van der Waals surface area contributed by atoms with E-state index in [9.17, 15) is 4.79 Å². The van der Waals surface area contributed by atoms with E-state index in [1.54, 1.807) is 7.11 Å². The number of carbonyl (C=O) groups is 1. The SMILES string of the molecule is COc1ccc(CCNC(=O)CC#N)cc1OCCOc1c(C)cccc1C. The maximum Gasteiger partial charge on any atom is 0.234 e. The molecule has 28 heavy (non-hydrogen) atoms. The quantitative estimate of drug-likeness (QED) is 0.638. The van der Waals surface area contributed by atoms with Gasteiger partial charge in [0, 0.05) is 6.54 Å². The highest BCUT2D eigenvalue weighted by Crippen LogP contribution is 2.28. The van der Waals surface area contributed by atoms with E-state index in [-0.39, 0.29) is 12.3 Å². The molecule has 2 aromatic rings. The number of aryl methyl sites for hydroxylation is 2. The van der Waals surface area contributed by atoms with E-state index in [0.29, 0.717) is 37.7 Å². The van der Waals surface area contributed by atoms with E-state index >= 15 is 0 Å². The van der Waals surface area contributed by atoms with Gasteiger partial charge in [-0.05, 0) is 49.1 Å². The highest BCUT2D eigenvalue weighted by Gasteiger charge is 2.08. The summed E-state index contributed by atoms with van der Waals surface area (Å²) in [5, 5.41) is 11.2. The van der Waals surface area contributed by atoms with Crippen LogP contribution < -0.4 is 19.5 Å². The minimum absolute atomic E-state index is 0.128. The average molecular weight is 382 g/mol.